The van der Waals surface area contributed by atoms with Crippen molar-refractivity contribution >= 4 is 22.2 Å². The van der Waals surface area contributed by atoms with Gasteiger partial charge in [0.25, 0.3) is 0 Å². The maximum absolute atomic E-state index is 12.1. The molecule has 0 bridgehead atoms. The van der Waals surface area contributed by atoms with Gasteiger partial charge in [-0.2, -0.15) is 5.26 Å². The number of carbonyl (C=O) groups is 1. The number of anilines is 1. The number of rotatable bonds is 2. The first-order valence-electron chi connectivity index (χ1n) is 7.14. The van der Waals surface area contributed by atoms with Crippen LogP contribution in [0.5, 0.6) is 0 Å². The Bertz CT molecular complexity index is 560. The molecular formula is C16H22N2OS. The third-order valence-electron chi connectivity index (χ3n) is 3.57. The van der Waals surface area contributed by atoms with Gasteiger partial charge in [0.05, 0.1) is 5.56 Å². The minimum Gasteiger partial charge on any atom is -0.317 e. The Hall–Kier alpha value is -1.34. The Labute approximate surface area is 125 Å². The van der Waals surface area contributed by atoms with E-state index < -0.39 is 0 Å². The lowest BCUT2D eigenvalue weighted by Gasteiger charge is -2.17. The summed E-state index contributed by atoms with van der Waals surface area (Å²) in [5, 5.41) is 13.1. The molecule has 1 aliphatic carbocycles. The molecule has 1 aromatic heterocycles. The summed E-state index contributed by atoms with van der Waals surface area (Å²) >= 11 is 1.59. The number of fused-ring (bicyclic) bond motifs is 1. The molecular weight excluding hydrogens is 268 g/mol. The molecule has 1 heterocycles. The monoisotopic (exact) mass is 290 g/mol. The van der Waals surface area contributed by atoms with Gasteiger partial charge in [-0.1, -0.05) is 27.7 Å². The van der Waals surface area contributed by atoms with Crippen molar-refractivity contribution in [3.63, 3.8) is 0 Å². The van der Waals surface area contributed by atoms with Crippen LogP contribution in [0.25, 0.3) is 0 Å². The molecule has 1 amide bonds. The van der Waals surface area contributed by atoms with Gasteiger partial charge in [0, 0.05) is 11.3 Å². The van der Waals surface area contributed by atoms with E-state index in [1.165, 1.54) is 10.4 Å². The highest BCUT2D eigenvalue weighted by atomic mass is 32.1. The first-order chi connectivity index (χ1) is 9.30. The molecule has 1 aromatic rings. The normalized spacial score (nSPS) is 18.2. The third kappa shape index (κ3) is 3.40. The van der Waals surface area contributed by atoms with E-state index >= 15 is 0 Å². The van der Waals surface area contributed by atoms with Crippen LogP contribution in [0.4, 0.5) is 5.00 Å². The van der Waals surface area contributed by atoms with Gasteiger partial charge in [0.1, 0.15) is 11.1 Å². The van der Waals surface area contributed by atoms with Crippen molar-refractivity contribution < 1.29 is 4.79 Å². The molecule has 0 spiro atoms. The Morgan fingerprint density at radius 2 is 2.20 bits per heavy atom. The molecule has 0 fully saturated rings. The molecule has 0 aromatic carbocycles. The van der Waals surface area contributed by atoms with Crippen molar-refractivity contribution in [2.24, 2.45) is 11.3 Å². The molecule has 0 radical (unpaired) electrons. The Kier molecular flexibility index (Phi) is 4.19. The van der Waals surface area contributed by atoms with Gasteiger partial charge in [-0.15, -0.1) is 11.3 Å². The molecule has 1 N–H and O–H groups in total. The lowest BCUT2D eigenvalue weighted by atomic mass is 9.88. The quantitative estimate of drug-likeness (QED) is 0.890. The average Bonchev–Trinajstić information content (AvgIpc) is 2.62. The van der Waals surface area contributed by atoms with Gasteiger partial charge in [-0.05, 0) is 36.2 Å². The van der Waals surface area contributed by atoms with E-state index in [0.717, 1.165) is 24.3 Å². The molecule has 3 nitrogen and oxygen atoms in total. The maximum Gasteiger partial charge on any atom is 0.225 e. The Morgan fingerprint density at radius 3 is 2.80 bits per heavy atom. The van der Waals surface area contributed by atoms with Crippen LogP contribution in [0.2, 0.25) is 0 Å². The number of hydrogen-bond donors (Lipinski definition) is 1. The van der Waals surface area contributed by atoms with Crippen LogP contribution in [0.15, 0.2) is 0 Å². The minimum absolute atomic E-state index is 0.000598. The number of nitrogens with zero attached hydrogens (tertiary/aromatic N) is 1. The van der Waals surface area contributed by atoms with Crippen LogP contribution < -0.4 is 5.32 Å². The number of hydrogen-bond acceptors (Lipinski definition) is 3. The fourth-order valence-corrected chi connectivity index (χ4v) is 3.99. The number of nitriles is 1. The van der Waals surface area contributed by atoms with Gasteiger partial charge in [-0.25, -0.2) is 0 Å². The molecule has 0 saturated heterocycles. The van der Waals surface area contributed by atoms with Crippen molar-refractivity contribution in [1.29, 1.82) is 5.26 Å². The zero-order chi connectivity index (χ0) is 14.9. The lowest BCUT2D eigenvalue weighted by Crippen LogP contribution is -2.19. The maximum atomic E-state index is 12.1. The molecule has 0 unspecified atom stereocenters. The smallest absolute Gasteiger partial charge is 0.225 e. The van der Waals surface area contributed by atoms with Gasteiger partial charge in [0.2, 0.25) is 5.91 Å². The average molecular weight is 290 g/mol. The Balaban J connectivity index is 2.21. The van der Waals surface area contributed by atoms with E-state index in [1.807, 2.05) is 20.8 Å². The third-order valence-corrected chi connectivity index (χ3v) is 4.74. The summed E-state index contributed by atoms with van der Waals surface area (Å²) in [6.07, 6.45) is 3.60. The fourth-order valence-electron chi connectivity index (χ4n) is 2.61. The van der Waals surface area contributed by atoms with E-state index in [4.69, 9.17) is 0 Å². The highest BCUT2D eigenvalue weighted by molar-refractivity contribution is 7.16. The summed E-state index contributed by atoms with van der Waals surface area (Å²) < 4.78 is 0. The standard InChI is InChI=1S/C16H22N2OS/c1-10-5-6-11-12(9-17)15(20-13(11)7-10)18-14(19)8-16(2,3)4/h10H,5-8H2,1-4H3,(H,18,19)/t10-/m0/s1. The molecule has 20 heavy (non-hydrogen) atoms. The van der Waals surface area contributed by atoms with Crippen LogP contribution in [0.3, 0.4) is 0 Å². The number of carbonyl (C=O) groups excluding carboxylic acids is 1. The lowest BCUT2D eigenvalue weighted by molar-refractivity contribution is -0.117. The van der Waals surface area contributed by atoms with E-state index in [2.05, 4.69) is 18.3 Å². The van der Waals surface area contributed by atoms with Gasteiger partial charge in [-0.3, -0.25) is 4.79 Å². The van der Waals surface area contributed by atoms with Gasteiger partial charge < -0.3 is 5.32 Å². The number of amides is 1. The highest BCUT2D eigenvalue weighted by Gasteiger charge is 2.25. The second-order valence-electron chi connectivity index (χ2n) is 6.95. The minimum atomic E-state index is -0.0394. The molecule has 0 saturated carbocycles. The van der Waals surface area contributed by atoms with E-state index in [0.29, 0.717) is 17.9 Å². The second kappa shape index (κ2) is 5.57. The van der Waals surface area contributed by atoms with E-state index in [9.17, 15) is 10.1 Å². The molecule has 0 aliphatic heterocycles. The molecule has 2 rings (SSSR count). The summed E-state index contributed by atoms with van der Waals surface area (Å²) in [6.45, 7) is 8.36. The van der Waals surface area contributed by atoms with Crippen LogP contribution in [-0.4, -0.2) is 5.91 Å². The van der Waals surface area contributed by atoms with Crippen molar-refractivity contribution in [2.75, 3.05) is 5.32 Å². The molecule has 1 atom stereocenters. The van der Waals surface area contributed by atoms with Crippen LogP contribution in [0, 0.1) is 22.7 Å². The summed E-state index contributed by atoms with van der Waals surface area (Å²) in [5.41, 5.74) is 1.82. The van der Waals surface area contributed by atoms with Crippen LogP contribution in [-0.2, 0) is 17.6 Å². The van der Waals surface area contributed by atoms with Gasteiger partial charge in [0.15, 0.2) is 0 Å². The Morgan fingerprint density at radius 1 is 1.50 bits per heavy atom. The summed E-state index contributed by atoms with van der Waals surface area (Å²) in [4.78, 5) is 13.3. The largest absolute Gasteiger partial charge is 0.317 e. The molecule has 1 aliphatic rings. The first-order valence-corrected chi connectivity index (χ1v) is 7.96. The first kappa shape index (κ1) is 15.1. The fraction of sp³-hybridized carbons (Fsp3) is 0.625. The van der Waals surface area contributed by atoms with Crippen LogP contribution in [0.1, 0.15) is 56.5 Å². The summed E-state index contributed by atoms with van der Waals surface area (Å²) in [7, 11) is 0. The van der Waals surface area contributed by atoms with E-state index in [-0.39, 0.29) is 11.3 Å². The predicted octanol–water partition coefficient (Wildman–Crippen LogP) is 4.12. The summed E-state index contributed by atoms with van der Waals surface area (Å²) in [5.74, 6) is 0.673. The van der Waals surface area contributed by atoms with Crippen molar-refractivity contribution in [3.05, 3.63) is 16.0 Å². The van der Waals surface area contributed by atoms with Crippen LogP contribution >= 0.6 is 11.3 Å². The predicted molar refractivity (Wildman–Crippen MR) is 82.9 cm³/mol. The van der Waals surface area contributed by atoms with Crippen molar-refractivity contribution in [2.45, 2.75) is 53.4 Å². The van der Waals surface area contributed by atoms with E-state index in [1.54, 1.807) is 11.3 Å². The number of thiophene rings is 1. The highest BCUT2D eigenvalue weighted by Crippen LogP contribution is 2.39. The topological polar surface area (TPSA) is 52.9 Å². The zero-order valence-electron chi connectivity index (χ0n) is 12.7. The van der Waals surface area contributed by atoms with Gasteiger partial charge >= 0.3 is 0 Å². The molecule has 108 valence electrons. The zero-order valence-corrected chi connectivity index (χ0v) is 13.5. The molecule has 4 heteroatoms. The SMILES string of the molecule is C[C@H]1CCc2c(sc(NC(=O)CC(C)(C)C)c2C#N)C1. The van der Waals surface area contributed by atoms with Crippen molar-refractivity contribution in [3.8, 4) is 6.07 Å². The van der Waals surface area contributed by atoms with Crippen molar-refractivity contribution in [1.82, 2.24) is 0 Å². The second-order valence-corrected chi connectivity index (χ2v) is 8.06. The summed E-state index contributed by atoms with van der Waals surface area (Å²) in [6, 6.07) is 2.28. The number of nitrogens with one attached hydrogen (secondary N) is 1.